The first-order valence-corrected chi connectivity index (χ1v) is 6.12. The van der Waals surface area contributed by atoms with Gasteiger partial charge in [-0.25, -0.2) is 0 Å². The SMILES string of the molecule is COc1cc(C=Cc2ccc(O)c(CO)c2)ccc1O. The molecule has 2 aromatic carbocycles. The molecule has 104 valence electrons. The molecule has 0 saturated carbocycles. The van der Waals surface area contributed by atoms with Gasteiger partial charge in [0.15, 0.2) is 11.5 Å². The van der Waals surface area contributed by atoms with Crippen molar-refractivity contribution in [2.75, 3.05) is 7.11 Å². The Labute approximate surface area is 117 Å². The van der Waals surface area contributed by atoms with Gasteiger partial charge in [-0.15, -0.1) is 0 Å². The van der Waals surface area contributed by atoms with Gasteiger partial charge in [-0.2, -0.15) is 0 Å². The molecule has 2 aromatic rings. The second kappa shape index (κ2) is 6.12. The molecule has 20 heavy (non-hydrogen) atoms. The molecule has 0 unspecified atom stereocenters. The number of ether oxygens (including phenoxy) is 1. The monoisotopic (exact) mass is 272 g/mol. The Hall–Kier alpha value is -2.46. The van der Waals surface area contributed by atoms with E-state index < -0.39 is 0 Å². The third-order valence-electron chi connectivity index (χ3n) is 2.95. The van der Waals surface area contributed by atoms with Gasteiger partial charge in [0.25, 0.3) is 0 Å². The fourth-order valence-corrected chi connectivity index (χ4v) is 1.83. The van der Waals surface area contributed by atoms with Gasteiger partial charge in [-0.1, -0.05) is 24.3 Å². The molecule has 0 saturated heterocycles. The van der Waals surface area contributed by atoms with E-state index in [1.54, 1.807) is 36.4 Å². The van der Waals surface area contributed by atoms with E-state index >= 15 is 0 Å². The average Bonchev–Trinajstić information content (AvgIpc) is 2.47. The van der Waals surface area contributed by atoms with Crippen LogP contribution in [0.2, 0.25) is 0 Å². The van der Waals surface area contributed by atoms with Gasteiger partial charge in [0.1, 0.15) is 5.75 Å². The number of phenolic OH excluding ortho intramolecular Hbond substituents is 1. The normalized spacial score (nSPS) is 10.9. The Bertz CT molecular complexity index is 577. The topological polar surface area (TPSA) is 69.9 Å². The molecule has 3 N–H and O–H groups in total. The minimum absolute atomic E-state index is 0.0796. The number of aliphatic hydroxyl groups is 1. The second-order valence-electron chi connectivity index (χ2n) is 4.31. The molecule has 0 spiro atoms. The lowest BCUT2D eigenvalue weighted by molar-refractivity contribution is 0.275. The highest BCUT2D eigenvalue weighted by molar-refractivity contribution is 5.71. The van der Waals surface area contributed by atoms with Crippen LogP contribution in [0.1, 0.15) is 16.7 Å². The van der Waals surface area contributed by atoms with Crippen LogP contribution in [0.15, 0.2) is 36.4 Å². The van der Waals surface area contributed by atoms with Crippen LogP contribution in [-0.4, -0.2) is 22.4 Å². The Balaban J connectivity index is 2.25. The maximum Gasteiger partial charge on any atom is 0.161 e. The zero-order chi connectivity index (χ0) is 14.5. The number of aliphatic hydroxyl groups excluding tert-OH is 1. The van der Waals surface area contributed by atoms with Gasteiger partial charge >= 0.3 is 0 Å². The number of aromatic hydroxyl groups is 2. The van der Waals surface area contributed by atoms with Crippen molar-refractivity contribution >= 4 is 12.2 Å². The highest BCUT2D eigenvalue weighted by atomic mass is 16.5. The van der Waals surface area contributed by atoms with Gasteiger partial charge in [-0.05, 0) is 35.4 Å². The summed E-state index contributed by atoms with van der Waals surface area (Å²) in [7, 11) is 1.50. The molecule has 0 aliphatic heterocycles. The molecule has 4 nitrogen and oxygen atoms in total. The Morgan fingerprint density at radius 1 is 0.950 bits per heavy atom. The maximum atomic E-state index is 9.51. The van der Waals surface area contributed by atoms with Gasteiger partial charge in [0.2, 0.25) is 0 Å². The van der Waals surface area contributed by atoms with Crippen LogP contribution in [0.25, 0.3) is 12.2 Å². The van der Waals surface area contributed by atoms with Crippen LogP contribution < -0.4 is 4.74 Å². The largest absolute Gasteiger partial charge is 0.508 e. The summed E-state index contributed by atoms with van der Waals surface area (Å²) in [6.45, 7) is -0.208. The van der Waals surface area contributed by atoms with Gasteiger partial charge < -0.3 is 20.1 Å². The molecule has 2 rings (SSSR count). The van der Waals surface area contributed by atoms with Crippen LogP contribution >= 0.6 is 0 Å². The average molecular weight is 272 g/mol. The number of hydrogen-bond acceptors (Lipinski definition) is 4. The zero-order valence-corrected chi connectivity index (χ0v) is 11.1. The number of benzene rings is 2. The van der Waals surface area contributed by atoms with Crippen molar-refractivity contribution in [1.29, 1.82) is 0 Å². The van der Waals surface area contributed by atoms with Gasteiger partial charge in [0.05, 0.1) is 13.7 Å². The molecular weight excluding hydrogens is 256 g/mol. The summed E-state index contributed by atoms with van der Waals surface area (Å²) in [5.74, 6) is 0.585. The predicted octanol–water partition coefficient (Wildman–Crippen LogP) is 2.77. The fraction of sp³-hybridized carbons (Fsp3) is 0.125. The predicted molar refractivity (Wildman–Crippen MR) is 77.6 cm³/mol. The molecule has 0 bridgehead atoms. The summed E-state index contributed by atoms with van der Waals surface area (Å²) < 4.78 is 5.04. The lowest BCUT2D eigenvalue weighted by atomic mass is 10.1. The lowest BCUT2D eigenvalue weighted by Gasteiger charge is -2.04. The van der Waals surface area contributed by atoms with E-state index in [9.17, 15) is 10.2 Å². The summed E-state index contributed by atoms with van der Waals surface area (Å²) >= 11 is 0. The van der Waals surface area contributed by atoms with Gasteiger partial charge in [-0.3, -0.25) is 0 Å². The quantitative estimate of drug-likeness (QED) is 0.748. The first-order chi connectivity index (χ1) is 9.63. The molecular formula is C16H16O4. The minimum Gasteiger partial charge on any atom is -0.508 e. The van der Waals surface area contributed by atoms with Crippen molar-refractivity contribution in [3.05, 3.63) is 53.1 Å². The first kappa shape index (κ1) is 14.0. The van der Waals surface area contributed by atoms with Crippen molar-refractivity contribution in [1.82, 2.24) is 0 Å². The van der Waals surface area contributed by atoms with E-state index in [0.717, 1.165) is 11.1 Å². The van der Waals surface area contributed by atoms with Crippen LogP contribution in [0.4, 0.5) is 0 Å². The smallest absolute Gasteiger partial charge is 0.161 e. The van der Waals surface area contributed by atoms with Crippen LogP contribution in [-0.2, 0) is 6.61 Å². The van der Waals surface area contributed by atoms with Crippen molar-refractivity contribution in [2.45, 2.75) is 6.61 Å². The van der Waals surface area contributed by atoms with E-state index in [1.165, 1.54) is 7.11 Å². The van der Waals surface area contributed by atoms with Crippen molar-refractivity contribution in [3.63, 3.8) is 0 Å². The van der Waals surface area contributed by atoms with Crippen molar-refractivity contribution in [2.24, 2.45) is 0 Å². The molecule has 0 heterocycles. The van der Waals surface area contributed by atoms with Crippen molar-refractivity contribution in [3.8, 4) is 17.2 Å². The first-order valence-electron chi connectivity index (χ1n) is 6.12. The minimum atomic E-state index is -0.208. The van der Waals surface area contributed by atoms with E-state index in [2.05, 4.69) is 0 Å². The molecule has 4 heteroatoms. The van der Waals surface area contributed by atoms with Crippen LogP contribution in [0.3, 0.4) is 0 Å². The summed E-state index contributed by atoms with van der Waals surface area (Å²) in [6.07, 6.45) is 3.71. The lowest BCUT2D eigenvalue weighted by Crippen LogP contribution is -1.85. The molecule has 0 radical (unpaired) electrons. The molecule has 0 fully saturated rings. The van der Waals surface area contributed by atoms with Crippen LogP contribution in [0, 0.1) is 0 Å². The third-order valence-corrected chi connectivity index (χ3v) is 2.95. The molecule has 0 aromatic heterocycles. The molecule has 0 aliphatic rings. The number of phenols is 2. The Morgan fingerprint density at radius 2 is 1.55 bits per heavy atom. The van der Waals surface area contributed by atoms with Crippen LogP contribution in [0.5, 0.6) is 17.2 Å². The standard InChI is InChI=1S/C16H16O4/c1-20-16-9-12(5-7-15(16)19)3-2-11-4-6-14(18)13(8-11)10-17/h2-9,17-19H,10H2,1H3. The third kappa shape index (κ3) is 3.10. The highest BCUT2D eigenvalue weighted by Gasteiger charge is 2.01. The van der Waals surface area contributed by atoms with E-state index in [4.69, 9.17) is 9.84 Å². The summed E-state index contributed by atoms with van der Waals surface area (Å²) in [5.41, 5.74) is 2.22. The fourth-order valence-electron chi connectivity index (χ4n) is 1.83. The van der Waals surface area contributed by atoms with Gasteiger partial charge in [0, 0.05) is 5.56 Å². The maximum absolute atomic E-state index is 9.51. The molecule has 0 atom stereocenters. The Morgan fingerprint density at radius 3 is 2.15 bits per heavy atom. The Kier molecular flexibility index (Phi) is 4.27. The number of methoxy groups -OCH3 is 1. The second-order valence-corrected chi connectivity index (χ2v) is 4.31. The molecule has 0 amide bonds. The van der Waals surface area contributed by atoms with E-state index in [0.29, 0.717) is 11.3 Å². The van der Waals surface area contributed by atoms with E-state index in [-0.39, 0.29) is 18.1 Å². The molecule has 0 aliphatic carbocycles. The van der Waals surface area contributed by atoms with Crippen molar-refractivity contribution < 1.29 is 20.1 Å². The van der Waals surface area contributed by atoms with E-state index in [1.807, 2.05) is 12.2 Å². The number of rotatable bonds is 4. The summed E-state index contributed by atoms with van der Waals surface area (Å²) in [5, 5.41) is 28.1. The number of hydrogen-bond donors (Lipinski definition) is 3. The summed E-state index contributed by atoms with van der Waals surface area (Å²) in [4.78, 5) is 0. The highest BCUT2D eigenvalue weighted by Crippen LogP contribution is 2.27. The zero-order valence-electron chi connectivity index (χ0n) is 11.1. The summed E-state index contributed by atoms with van der Waals surface area (Å²) in [6, 6.07) is 10.1.